The summed E-state index contributed by atoms with van der Waals surface area (Å²) in [6, 6.07) is 24.5. The summed E-state index contributed by atoms with van der Waals surface area (Å²) in [5.74, 6) is -0.125. The first-order chi connectivity index (χ1) is 18.3. The second kappa shape index (κ2) is 16.0. The number of Topliss-reactive ketones (excluding diaryl/α,β-unsaturated/α-hetero) is 2. The van der Waals surface area contributed by atoms with Gasteiger partial charge in [0, 0.05) is 33.3 Å². The molecule has 6 nitrogen and oxygen atoms in total. The van der Waals surface area contributed by atoms with E-state index in [2.05, 4.69) is 97.9 Å². The van der Waals surface area contributed by atoms with Gasteiger partial charge in [0.05, 0.1) is 17.8 Å². The molecule has 7 heteroatoms. The first-order valence-corrected chi connectivity index (χ1v) is 13.0. The van der Waals surface area contributed by atoms with Crippen LogP contribution in [0.4, 0.5) is 0 Å². The number of carbonyl (C=O) groups is 2. The van der Waals surface area contributed by atoms with Gasteiger partial charge in [-0.3, -0.25) is 9.59 Å². The third-order valence-corrected chi connectivity index (χ3v) is 5.51. The molecule has 2 aromatic heterocycles. The second-order valence-electron chi connectivity index (χ2n) is 11.4. The third kappa shape index (κ3) is 12.2. The first kappa shape index (κ1) is 34.6. The van der Waals surface area contributed by atoms with Crippen molar-refractivity contribution < 1.29 is 29.7 Å². The summed E-state index contributed by atoms with van der Waals surface area (Å²) in [4.78, 5) is 37.3. The van der Waals surface area contributed by atoms with Crippen LogP contribution in [0.15, 0.2) is 85.5 Å². The van der Waals surface area contributed by atoms with Gasteiger partial charge in [0.2, 0.25) is 0 Å². The number of ketones is 2. The van der Waals surface area contributed by atoms with Gasteiger partial charge in [0.15, 0.2) is 0 Å². The fourth-order valence-electron chi connectivity index (χ4n) is 3.42. The first-order valence-electron chi connectivity index (χ1n) is 13.0. The SMILES string of the molecule is CC(=O)CC(C)=O.CC(C)(C)c1cc(-c2ccccc2)ncn1.CC(C)(C)c1cc(-c2ccccc2)ncn1.[Ir+3]. The van der Waals surface area contributed by atoms with E-state index < -0.39 is 0 Å². The van der Waals surface area contributed by atoms with Gasteiger partial charge in [-0.05, 0) is 26.0 Å². The molecule has 0 saturated heterocycles. The molecule has 0 spiro atoms. The van der Waals surface area contributed by atoms with E-state index in [1.807, 2.05) is 36.4 Å². The standard InChI is InChI=1S/2C14H16N2.C5H8O2.Ir/c2*1-14(2,3)13-9-12(15-10-16-13)11-7-5-4-6-8-11;1-4(6)3-5(2)7;/h2*4-10H,1-3H3;3H2,1-2H3;/q;;;+3. The molecule has 0 aliphatic carbocycles. The van der Waals surface area contributed by atoms with Crippen molar-refractivity contribution in [2.45, 2.75) is 72.6 Å². The molecule has 0 radical (unpaired) electrons. The molecule has 0 saturated carbocycles. The van der Waals surface area contributed by atoms with Gasteiger partial charge in [0.1, 0.15) is 24.2 Å². The second-order valence-corrected chi connectivity index (χ2v) is 11.4. The summed E-state index contributed by atoms with van der Waals surface area (Å²) < 4.78 is 0. The van der Waals surface area contributed by atoms with Crippen molar-refractivity contribution in [3.63, 3.8) is 0 Å². The van der Waals surface area contributed by atoms with E-state index >= 15 is 0 Å². The largest absolute Gasteiger partial charge is 3.00 e. The van der Waals surface area contributed by atoms with E-state index in [1.165, 1.54) is 13.8 Å². The van der Waals surface area contributed by atoms with Crippen LogP contribution in [0.5, 0.6) is 0 Å². The van der Waals surface area contributed by atoms with Crippen molar-refractivity contribution in [2.75, 3.05) is 0 Å². The Morgan fingerprint density at radius 1 is 0.575 bits per heavy atom. The third-order valence-electron chi connectivity index (χ3n) is 5.51. The Kier molecular flexibility index (Phi) is 13.8. The van der Waals surface area contributed by atoms with Gasteiger partial charge in [-0.1, -0.05) is 102 Å². The normalized spacial score (nSPS) is 10.6. The van der Waals surface area contributed by atoms with Crippen LogP contribution in [0.3, 0.4) is 0 Å². The smallest absolute Gasteiger partial charge is 0.300 e. The molecule has 0 amide bonds. The van der Waals surface area contributed by atoms with Crippen LogP contribution in [0.2, 0.25) is 0 Å². The number of hydrogen-bond acceptors (Lipinski definition) is 6. The Balaban J connectivity index is 0.000000320. The molecule has 0 N–H and O–H groups in total. The average molecular weight is 717 g/mol. The zero-order valence-electron chi connectivity index (χ0n) is 24.7. The van der Waals surface area contributed by atoms with Gasteiger partial charge in [-0.15, -0.1) is 0 Å². The average Bonchev–Trinajstić information content (AvgIpc) is 2.89. The molecule has 0 atom stereocenters. The number of carbonyl (C=O) groups excluding carboxylic acids is 2. The number of aromatic nitrogens is 4. The summed E-state index contributed by atoms with van der Waals surface area (Å²) >= 11 is 0. The minimum Gasteiger partial charge on any atom is -0.300 e. The number of benzene rings is 2. The maximum atomic E-state index is 10.0. The van der Waals surface area contributed by atoms with Gasteiger partial charge in [-0.2, -0.15) is 0 Å². The monoisotopic (exact) mass is 717 g/mol. The number of hydrogen-bond donors (Lipinski definition) is 0. The summed E-state index contributed by atoms with van der Waals surface area (Å²) in [6.07, 6.45) is 3.37. The maximum absolute atomic E-state index is 10.0. The van der Waals surface area contributed by atoms with Crippen LogP contribution in [0.25, 0.3) is 22.5 Å². The van der Waals surface area contributed by atoms with E-state index in [0.717, 1.165) is 33.9 Å². The van der Waals surface area contributed by atoms with Crippen LogP contribution in [-0.4, -0.2) is 31.5 Å². The van der Waals surface area contributed by atoms with Crippen molar-refractivity contribution in [2.24, 2.45) is 0 Å². The maximum Gasteiger partial charge on any atom is 3.00 e. The van der Waals surface area contributed by atoms with E-state index in [4.69, 9.17) is 0 Å². The zero-order chi connectivity index (χ0) is 29.1. The Hall–Kier alpha value is -3.41. The Bertz CT molecular complexity index is 1240. The van der Waals surface area contributed by atoms with Crippen molar-refractivity contribution in [1.29, 1.82) is 0 Å². The Morgan fingerprint density at radius 2 is 0.900 bits per heavy atom. The molecule has 210 valence electrons. The quantitative estimate of drug-likeness (QED) is 0.204. The van der Waals surface area contributed by atoms with Crippen molar-refractivity contribution in [3.05, 3.63) is 96.8 Å². The fourth-order valence-corrected chi connectivity index (χ4v) is 3.42. The van der Waals surface area contributed by atoms with Crippen LogP contribution in [0, 0.1) is 0 Å². The van der Waals surface area contributed by atoms with E-state index in [-0.39, 0.29) is 48.9 Å². The fraction of sp³-hybridized carbons (Fsp3) is 0.333. The molecule has 40 heavy (non-hydrogen) atoms. The molecule has 0 aliphatic rings. The minimum absolute atomic E-state index is 0. The molecule has 0 aliphatic heterocycles. The molecule has 2 aromatic carbocycles. The van der Waals surface area contributed by atoms with Crippen molar-refractivity contribution in [3.8, 4) is 22.5 Å². The predicted molar refractivity (Wildman–Crippen MR) is 158 cm³/mol. The summed E-state index contributed by atoms with van der Waals surface area (Å²) in [5, 5.41) is 0. The molecule has 0 fully saturated rings. The molecule has 2 heterocycles. The summed E-state index contributed by atoms with van der Waals surface area (Å²) in [6.45, 7) is 15.7. The molecular formula is C33H40IrN4O2+3. The van der Waals surface area contributed by atoms with Gasteiger partial charge >= 0.3 is 20.1 Å². The van der Waals surface area contributed by atoms with E-state index in [9.17, 15) is 9.59 Å². The van der Waals surface area contributed by atoms with Crippen LogP contribution in [0.1, 0.15) is 73.2 Å². The predicted octanol–water partition coefficient (Wildman–Crippen LogP) is 7.43. The van der Waals surface area contributed by atoms with Crippen molar-refractivity contribution >= 4 is 11.6 Å². The summed E-state index contributed by atoms with van der Waals surface area (Å²) in [5.41, 5.74) is 6.51. The van der Waals surface area contributed by atoms with Crippen LogP contribution < -0.4 is 0 Å². The van der Waals surface area contributed by atoms with Crippen molar-refractivity contribution in [1.82, 2.24) is 19.9 Å². The zero-order valence-corrected chi connectivity index (χ0v) is 27.1. The molecular weight excluding hydrogens is 677 g/mol. The molecule has 4 aromatic rings. The molecule has 0 unspecified atom stereocenters. The van der Waals surface area contributed by atoms with E-state index in [1.54, 1.807) is 12.7 Å². The van der Waals surface area contributed by atoms with Crippen LogP contribution in [-0.2, 0) is 40.5 Å². The van der Waals surface area contributed by atoms with Gasteiger partial charge in [0.25, 0.3) is 0 Å². The van der Waals surface area contributed by atoms with Gasteiger partial charge in [-0.25, -0.2) is 19.9 Å². The van der Waals surface area contributed by atoms with E-state index in [0.29, 0.717) is 0 Å². The van der Waals surface area contributed by atoms with Crippen LogP contribution >= 0.6 is 0 Å². The van der Waals surface area contributed by atoms with Gasteiger partial charge < -0.3 is 0 Å². The Morgan fingerprint density at radius 3 is 1.15 bits per heavy atom. The minimum atomic E-state index is -0.0625. The number of nitrogens with zero attached hydrogens (tertiary/aromatic N) is 4. The topological polar surface area (TPSA) is 85.7 Å². The Labute approximate surface area is 252 Å². The number of rotatable bonds is 4. The molecule has 4 rings (SSSR count). The molecule has 0 bridgehead atoms. The summed E-state index contributed by atoms with van der Waals surface area (Å²) in [7, 11) is 0.